The summed E-state index contributed by atoms with van der Waals surface area (Å²) in [5.41, 5.74) is 0.420. The molecular weight excluding hydrogens is 424 g/mol. The molecule has 0 spiro atoms. The van der Waals surface area contributed by atoms with Crippen molar-refractivity contribution in [2.45, 2.75) is 6.61 Å². The topological polar surface area (TPSA) is 57.9 Å². The van der Waals surface area contributed by atoms with E-state index < -0.39 is 0 Å². The number of methoxy groups -OCH3 is 2. The van der Waals surface area contributed by atoms with Crippen molar-refractivity contribution in [1.29, 1.82) is 0 Å². The second kappa shape index (κ2) is 9.28. The van der Waals surface area contributed by atoms with E-state index in [4.69, 9.17) is 18.6 Å². The maximum absolute atomic E-state index is 12.5. The molecule has 0 fully saturated rings. The van der Waals surface area contributed by atoms with Crippen LogP contribution < -0.4 is 14.2 Å². The average Bonchev–Trinajstić information content (AvgIpc) is 3.19. The Labute approximate surface area is 171 Å². The molecule has 0 radical (unpaired) electrons. The van der Waals surface area contributed by atoms with Gasteiger partial charge in [-0.1, -0.05) is 15.9 Å². The lowest BCUT2D eigenvalue weighted by Crippen LogP contribution is -1.99. The normalized spacial score (nSPS) is 10.8. The van der Waals surface area contributed by atoms with Crippen LogP contribution in [0.25, 0.3) is 6.08 Å². The average molecular weight is 443 g/mol. The number of ether oxygens (including phenoxy) is 3. The van der Waals surface area contributed by atoms with Gasteiger partial charge in [-0.2, -0.15) is 0 Å². The van der Waals surface area contributed by atoms with Gasteiger partial charge in [0.05, 0.1) is 19.8 Å². The first-order valence-electron chi connectivity index (χ1n) is 8.50. The standard InChI is InChI=1S/C22H19BrO5/c1-25-18-10-12-22(26-2)20(13-18)21(24)11-9-17-7-8-19(28-17)14-27-16-5-3-15(23)4-6-16/h3-13H,14H2,1-2H3/b11-9+. The second-order valence-electron chi connectivity index (χ2n) is 5.81. The molecule has 0 aliphatic heterocycles. The Bertz CT molecular complexity index is 973. The summed E-state index contributed by atoms with van der Waals surface area (Å²) in [6, 6.07) is 16.2. The highest BCUT2D eigenvalue weighted by Crippen LogP contribution is 2.25. The van der Waals surface area contributed by atoms with E-state index in [2.05, 4.69) is 15.9 Å². The lowest BCUT2D eigenvalue weighted by atomic mass is 10.1. The van der Waals surface area contributed by atoms with Crippen LogP contribution in [0.5, 0.6) is 17.2 Å². The van der Waals surface area contributed by atoms with Gasteiger partial charge in [0.25, 0.3) is 0 Å². The van der Waals surface area contributed by atoms with Crippen molar-refractivity contribution in [3.8, 4) is 17.2 Å². The van der Waals surface area contributed by atoms with E-state index in [0.29, 0.717) is 35.2 Å². The first-order valence-corrected chi connectivity index (χ1v) is 9.30. The summed E-state index contributed by atoms with van der Waals surface area (Å²) < 4.78 is 22.8. The zero-order valence-electron chi connectivity index (χ0n) is 15.5. The molecule has 5 nitrogen and oxygen atoms in total. The molecule has 0 aliphatic carbocycles. The zero-order chi connectivity index (χ0) is 19.9. The fraction of sp³-hybridized carbons (Fsp3) is 0.136. The van der Waals surface area contributed by atoms with Crippen molar-refractivity contribution < 1.29 is 23.4 Å². The van der Waals surface area contributed by atoms with Gasteiger partial charge in [-0.3, -0.25) is 4.79 Å². The fourth-order valence-electron chi connectivity index (χ4n) is 2.50. The lowest BCUT2D eigenvalue weighted by molar-refractivity contribution is 0.104. The molecule has 0 atom stereocenters. The van der Waals surface area contributed by atoms with Gasteiger partial charge in [-0.05, 0) is 66.7 Å². The molecule has 3 aromatic rings. The fourth-order valence-corrected chi connectivity index (χ4v) is 2.77. The van der Waals surface area contributed by atoms with Crippen LogP contribution in [-0.2, 0) is 6.61 Å². The molecule has 6 heteroatoms. The third-order valence-corrected chi connectivity index (χ3v) is 4.48. The molecule has 0 amide bonds. The van der Waals surface area contributed by atoms with Crippen molar-refractivity contribution >= 4 is 27.8 Å². The smallest absolute Gasteiger partial charge is 0.189 e. The molecule has 2 aromatic carbocycles. The number of hydrogen-bond donors (Lipinski definition) is 0. The Morgan fingerprint density at radius 2 is 1.75 bits per heavy atom. The maximum atomic E-state index is 12.5. The van der Waals surface area contributed by atoms with Crippen molar-refractivity contribution in [3.63, 3.8) is 0 Å². The SMILES string of the molecule is COc1ccc(OC)c(C(=O)/C=C/c2ccc(COc3ccc(Br)cc3)o2)c1. The molecule has 1 aromatic heterocycles. The zero-order valence-corrected chi connectivity index (χ0v) is 17.1. The summed E-state index contributed by atoms with van der Waals surface area (Å²) in [7, 11) is 3.07. The van der Waals surface area contributed by atoms with Crippen LogP contribution in [0, 0.1) is 0 Å². The Kier molecular flexibility index (Phi) is 6.55. The molecule has 28 heavy (non-hydrogen) atoms. The van der Waals surface area contributed by atoms with Crippen molar-refractivity contribution in [2.75, 3.05) is 14.2 Å². The van der Waals surface area contributed by atoms with Crippen LogP contribution in [0.1, 0.15) is 21.9 Å². The van der Waals surface area contributed by atoms with Crippen LogP contribution in [0.15, 0.2) is 69.6 Å². The van der Waals surface area contributed by atoms with Gasteiger partial charge in [0, 0.05) is 4.47 Å². The number of halogens is 1. The number of carbonyl (C=O) groups excluding carboxylic acids is 1. The van der Waals surface area contributed by atoms with Gasteiger partial charge in [0.2, 0.25) is 0 Å². The molecule has 0 unspecified atom stereocenters. The van der Waals surface area contributed by atoms with Crippen LogP contribution in [-0.4, -0.2) is 20.0 Å². The Hall–Kier alpha value is -2.99. The number of hydrogen-bond acceptors (Lipinski definition) is 5. The van der Waals surface area contributed by atoms with E-state index in [1.165, 1.54) is 13.2 Å². The number of allylic oxidation sites excluding steroid dienone is 1. The van der Waals surface area contributed by atoms with Gasteiger partial charge in [-0.15, -0.1) is 0 Å². The van der Waals surface area contributed by atoms with Crippen molar-refractivity contribution in [2.24, 2.45) is 0 Å². The predicted molar refractivity (Wildman–Crippen MR) is 110 cm³/mol. The summed E-state index contributed by atoms with van der Waals surface area (Å²) in [5.74, 6) is 2.83. The van der Waals surface area contributed by atoms with Gasteiger partial charge in [0.15, 0.2) is 5.78 Å². The van der Waals surface area contributed by atoms with Gasteiger partial charge >= 0.3 is 0 Å². The highest BCUT2D eigenvalue weighted by molar-refractivity contribution is 9.10. The van der Waals surface area contributed by atoms with Crippen LogP contribution in [0.2, 0.25) is 0 Å². The molecule has 0 N–H and O–H groups in total. The monoisotopic (exact) mass is 442 g/mol. The minimum Gasteiger partial charge on any atom is -0.497 e. The summed E-state index contributed by atoms with van der Waals surface area (Å²) >= 11 is 3.38. The minimum absolute atomic E-state index is 0.209. The van der Waals surface area contributed by atoms with Gasteiger partial charge in [-0.25, -0.2) is 0 Å². The molecule has 1 heterocycles. The largest absolute Gasteiger partial charge is 0.497 e. The summed E-state index contributed by atoms with van der Waals surface area (Å²) in [5, 5.41) is 0. The van der Waals surface area contributed by atoms with E-state index in [0.717, 1.165) is 10.2 Å². The number of rotatable bonds is 8. The third-order valence-electron chi connectivity index (χ3n) is 3.95. The molecule has 3 rings (SSSR count). The second-order valence-corrected chi connectivity index (χ2v) is 6.73. The molecule has 0 saturated carbocycles. The Morgan fingerprint density at radius 1 is 1.00 bits per heavy atom. The number of benzene rings is 2. The summed E-state index contributed by atoms with van der Waals surface area (Å²) in [6.45, 7) is 0.299. The van der Waals surface area contributed by atoms with Crippen molar-refractivity contribution in [1.82, 2.24) is 0 Å². The Balaban J connectivity index is 1.65. The predicted octanol–water partition coefficient (Wildman–Crippen LogP) is 5.53. The maximum Gasteiger partial charge on any atom is 0.189 e. The molecule has 0 saturated heterocycles. The van der Waals surface area contributed by atoms with Crippen LogP contribution in [0.3, 0.4) is 0 Å². The highest BCUT2D eigenvalue weighted by atomic mass is 79.9. The first kappa shape index (κ1) is 19.8. The van der Waals surface area contributed by atoms with E-state index in [-0.39, 0.29) is 5.78 Å². The molecule has 0 bridgehead atoms. The quantitative estimate of drug-likeness (QED) is 0.338. The lowest BCUT2D eigenvalue weighted by Gasteiger charge is -2.07. The van der Waals surface area contributed by atoms with Crippen LogP contribution in [0.4, 0.5) is 0 Å². The van der Waals surface area contributed by atoms with E-state index in [1.807, 2.05) is 30.3 Å². The summed E-state index contributed by atoms with van der Waals surface area (Å²) in [4.78, 5) is 12.5. The summed E-state index contributed by atoms with van der Waals surface area (Å²) in [6.07, 6.45) is 3.06. The van der Waals surface area contributed by atoms with E-state index in [9.17, 15) is 4.79 Å². The molecule has 0 aliphatic rings. The molecule has 144 valence electrons. The minimum atomic E-state index is -0.209. The number of ketones is 1. The van der Waals surface area contributed by atoms with Crippen LogP contribution >= 0.6 is 15.9 Å². The number of furan rings is 1. The third kappa shape index (κ3) is 5.04. The van der Waals surface area contributed by atoms with E-state index in [1.54, 1.807) is 37.5 Å². The number of carbonyl (C=O) groups is 1. The highest BCUT2D eigenvalue weighted by Gasteiger charge is 2.11. The van der Waals surface area contributed by atoms with Crippen molar-refractivity contribution in [3.05, 3.63) is 82.2 Å². The van der Waals surface area contributed by atoms with E-state index >= 15 is 0 Å². The van der Waals surface area contributed by atoms with Gasteiger partial charge in [0.1, 0.15) is 35.4 Å². The Morgan fingerprint density at radius 3 is 2.46 bits per heavy atom. The molecular formula is C22H19BrO5. The first-order chi connectivity index (χ1) is 13.6. The van der Waals surface area contributed by atoms with Gasteiger partial charge < -0.3 is 18.6 Å².